The third-order valence-corrected chi connectivity index (χ3v) is 1.50. The van der Waals surface area contributed by atoms with Crippen LogP contribution in [-0.2, 0) is 4.79 Å². The lowest BCUT2D eigenvalue weighted by Gasteiger charge is -2.04. The number of hydrogen-bond donors (Lipinski definition) is 0. The Bertz CT molecular complexity index is 278. The molecule has 1 rings (SSSR count). The molecule has 98 valence electrons. The van der Waals surface area contributed by atoms with E-state index in [1.54, 1.807) is 31.4 Å². The van der Waals surface area contributed by atoms with E-state index in [2.05, 4.69) is 0 Å². The van der Waals surface area contributed by atoms with E-state index in [-0.39, 0.29) is 12.4 Å². The summed E-state index contributed by atoms with van der Waals surface area (Å²) in [5, 5.41) is 0. The van der Waals surface area contributed by atoms with Crippen molar-refractivity contribution in [3.8, 4) is 11.5 Å². The highest BCUT2D eigenvalue weighted by Crippen LogP contribution is 2.16. The Morgan fingerprint density at radius 1 is 1.00 bits per heavy atom. The average Bonchev–Trinajstić information content (AvgIpc) is 2.41. The Morgan fingerprint density at radius 3 is 1.76 bits per heavy atom. The molecule has 0 N–H and O–H groups in total. The van der Waals surface area contributed by atoms with Gasteiger partial charge in [0.2, 0.25) is 0 Å². The van der Waals surface area contributed by atoms with E-state index < -0.39 is 0 Å². The molecule has 3 heteroatoms. The summed E-state index contributed by atoms with van der Waals surface area (Å²) in [7, 11) is 1.60. The van der Waals surface area contributed by atoms with Gasteiger partial charge in [-0.05, 0) is 31.2 Å². The Morgan fingerprint density at radius 2 is 1.41 bits per heavy atom. The number of ketones is 1. The van der Waals surface area contributed by atoms with Crippen LogP contribution in [-0.4, -0.2) is 19.5 Å². The van der Waals surface area contributed by atoms with Crippen molar-refractivity contribution in [1.82, 2.24) is 0 Å². The molecule has 0 aliphatic carbocycles. The molecule has 0 atom stereocenters. The summed E-state index contributed by atoms with van der Waals surface area (Å²) in [6, 6.07) is 7.11. The summed E-state index contributed by atoms with van der Waals surface area (Å²) in [6.07, 6.45) is 0. The maximum absolute atomic E-state index is 10.6. The first-order valence-corrected chi connectivity index (χ1v) is 5.98. The second-order valence-electron chi connectivity index (χ2n) is 2.67. The lowest BCUT2D eigenvalue weighted by Crippen LogP contribution is -2.06. The molecule has 0 aliphatic rings. The van der Waals surface area contributed by atoms with Gasteiger partial charge in [0.25, 0.3) is 0 Å². The standard InChI is InChI=1S/C10H12O3.2C2H6/c1-8(11)7-13-10-5-3-9(12-2)4-6-10;2*1-2/h3-6H,7H2,1-2H3;2*1-2H3. The van der Waals surface area contributed by atoms with Gasteiger partial charge in [0.05, 0.1) is 7.11 Å². The zero-order chi connectivity index (χ0) is 13.7. The predicted octanol–water partition coefficient (Wildman–Crippen LogP) is 3.72. The van der Waals surface area contributed by atoms with Gasteiger partial charge in [-0.15, -0.1) is 0 Å². The van der Waals surface area contributed by atoms with E-state index in [9.17, 15) is 4.79 Å². The molecule has 0 aromatic heterocycles. The molecule has 17 heavy (non-hydrogen) atoms. The van der Waals surface area contributed by atoms with E-state index in [1.165, 1.54) is 6.92 Å². The van der Waals surface area contributed by atoms with Crippen LogP contribution in [0.1, 0.15) is 34.6 Å². The van der Waals surface area contributed by atoms with Crippen LogP contribution in [0.2, 0.25) is 0 Å². The van der Waals surface area contributed by atoms with Crippen molar-refractivity contribution in [2.45, 2.75) is 34.6 Å². The lowest BCUT2D eigenvalue weighted by atomic mass is 10.3. The Labute approximate surface area is 105 Å². The molecule has 0 aliphatic heterocycles. The molecular formula is C14H24O3. The first-order chi connectivity index (χ1) is 8.22. The van der Waals surface area contributed by atoms with Gasteiger partial charge in [-0.1, -0.05) is 27.7 Å². The molecule has 0 radical (unpaired) electrons. The van der Waals surface area contributed by atoms with Crippen molar-refractivity contribution >= 4 is 5.78 Å². The Hall–Kier alpha value is -1.51. The minimum atomic E-state index is 0.0100. The van der Waals surface area contributed by atoms with Crippen molar-refractivity contribution in [3.05, 3.63) is 24.3 Å². The van der Waals surface area contributed by atoms with Crippen LogP contribution in [0.15, 0.2) is 24.3 Å². The molecule has 1 aromatic carbocycles. The summed E-state index contributed by atoms with van der Waals surface area (Å²) >= 11 is 0. The van der Waals surface area contributed by atoms with Crippen molar-refractivity contribution in [1.29, 1.82) is 0 Å². The second-order valence-corrected chi connectivity index (χ2v) is 2.67. The van der Waals surface area contributed by atoms with Gasteiger partial charge in [0, 0.05) is 0 Å². The zero-order valence-corrected chi connectivity index (χ0v) is 11.7. The van der Waals surface area contributed by atoms with Crippen LogP contribution < -0.4 is 9.47 Å². The zero-order valence-electron chi connectivity index (χ0n) is 11.7. The van der Waals surface area contributed by atoms with E-state index in [1.807, 2.05) is 27.7 Å². The fraction of sp³-hybridized carbons (Fsp3) is 0.500. The quantitative estimate of drug-likeness (QED) is 0.804. The van der Waals surface area contributed by atoms with Crippen molar-refractivity contribution in [2.24, 2.45) is 0 Å². The number of ether oxygens (including phenoxy) is 2. The van der Waals surface area contributed by atoms with Gasteiger partial charge in [-0.3, -0.25) is 4.79 Å². The summed E-state index contributed by atoms with van der Waals surface area (Å²) < 4.78 is 10.1. The maximum atomic E-state index is 10.6. The van der Waals surface area contributed by atoms with Crippen molar-refractivity contribution in [2.75, 3.05) is 13.7 Å². The number of carbonyl (C=O) groups is 1. The van der Waals surface area contributed by atoms with Gasteiger partial charge >= 0.3 is 0 Å². The van der Waals surface area contributed by atoms with Crippen LogP contribution >= 0.6 is 0 Å². The van der Waals surface area contributed by atoms with E-state index >= 15 is 0 Å². The highest BCUT2D eigenvalue weighted by molar-refractivity contribution is 5.77. The third kappa shape index (κ3) is 9.42. The van der Waals surface area contributed by atoms with Crippen LogP contribution in [0.5, 0.6) is 11.5 Å². The van der Waals surface area contributed by atoms with Crippen molar-refractivity contribution < 1.29 is 14.3 Å². The van der Waals surface area contributed by atoms with Gasteiger partial charge in [-0.2, -0.15) is 0 Å². The second kappa shape index (κ2) is 12.6. The van der Waals surface area contributed by atoms with Crippen LogP contribution in [0.3, 0.4) is 0 Å². The number of rotatable bonds is 4. The van der Waals surface area contributed by atoms with Gasteiger partial charge < -0.3 is 9.47 Å². The largest absolute Gasteiger partial charge is 0.497 e. The van der Waals surface area contributed by atoms with Crippen molar-refractivity contribution in [3.63, 3.8) is 0 Å². The molecule has 0 fully saturated rings. The molecule has 0 spiro atoms. The first kappa shape index (κ1) is 17.9. The summed E-state index contributed by atoms with van der Waals surface area (Å²) in [4.78, 5) is 10.6. The Kier molecular flexibility index (Phi) is 13.2. The summed E-state index contributed by atoms with van der Waals surface area (Å²) in [6.45, 7) is 9.61. The summed E-state index contributed by atoms with van der Waals surface area (Å²) in [5.41, 5.74) is 0. The predicted molar refractivity (Wildman–Crippen MR) is 71.9 cm³/mol. The normalized spacial score (nSPS) is 7.88. The molecule has 0 saturated carbocycles. The van der Waals surface area contributed by atoms with E-state index in [4.69, 9.17) is 9.47 Å². The van der Waals surface area contributed by atoms with E-state index in [0.29, 0.717) is 5.75 Å². The highest BCUT2D eigenvalue weighted by atomic mass is 16.5. The number of benzene rings is 1. The SMILES string of the molecule is CC.CC.COc1ccc(OCC(C)=O)cc1. The molecule has 0 amide bonds. The fourth-order valence-electron chi connectivity index (χ4n) is 0.857. The molecule has 3 nitrogen and oxygen atoms in total. The van der Waals surface area contributed by atoms with Gasteiger partial charge in [0.15, 0.2) is 5.78 Å². The Balaban J connectivity index is 0. The minimum Gasteiger partial charge on any atom is -0.497 e. The monoisotopic (exact) mass is 240 g/mol. The van der Waals surface area contributed by atoms with Crippen LogP contribution in [0.4, 0.5) is 0 Å². The maximum Gasteiger partial charge on any atom is 0.167 e. The summed E-state index contributed by atoms with van der Waals surface area (Å²) in [5.74, 6) is 1.46. The van der Waals surface area contributed by atoms with Crippen LogP contribution in [0.25, 0.3) is 0 Å². The average molecular weight is 240 g/mol. The first-order valence-electron chi connectivity index (χ1n) is 5.98. The number of carbonyl (C=O) groups excluding carboxylic acids is 1. The minimum absolute atomic E-state index is 0.0100. The topological polar surface area (TPSA) is 35.5 Å². The fourth-order valence-corrected chi connectivity index (χ4v) is 0.857. The van der Waals surface area contributed by atoms with E-state index in [0.717, 1.165) is 5.75 Å². The molecule has 1 aromatic rings. The lowest BCUT2D eigenvalue weighted by molar-refractivity contribution is -0.118. The molecular weight excluding hydrogens is 216 g/mol. The third-order valence-electron chi connectivity index (χ3n) is 1.50. The number of methoxy groups -OCH3 is 1. The molecule has 0 heterocycles. The number of Topliss-reactive ketones (excluding diaryl/α,β-unsaturated/α-hetero) is 1. The van der Waals surface area contributed by atoms with Gasteiger partial charge in [0.1, 0.15) is 18.1 Å². The smallest absolute Gasteiger partial charge is 0.167 e. The molecule has 0 unspecified atom stereocenters. The molecule has 0 bridgehead atoms. The van der Waals surface area contributed by atoms with Crippen LogP contribution in [0, 0.1) is 0 Å². The van der Waals surface area contributed by atoms with Gasteiger partial charge in [-0.25, -0.2) is 0 Å². The highest BCUT2D eigenvalue weighted by Gasteiger charge is 1.96. The molecule has 0 saturated heterocycles. The number of hydrogen-bond acceptors (Lipinski definition) is 3.